The second kappa shape index (κ2) is 5.16. The fraction of sp³-hybridized carbons (Fsp3) is 0.250. The van der Waals surface area contributed by atoms with E-state index < -0.39 is 5.91 Å². The number of halogens is 1. The number of aromatic hydroxyl groups is 1. The zero-order chi connectivity index (χ0) is 12.3. The Morgan fingerprint density at radius 1 is 1.50 bits per heavy atom. The Balaban J connectivity index is 3.21. The number of nitrogens with two attached hydrogens (primary N) is 1. The molecule has 0 fully saturated rings. The van der Waals surface area contributed by atoms with Gasteiger partial charge in [0.2, 0.25) is 5.91 Å². The summed E-state index contributed by atoms with van der Waals surface area (Å²) in [7, 11) is 0. The zero-order valence-electron chi connectivity index (χ0n) is 9.20. The standard InChI is InChI=1S/C12H14BrNO2/c1-7(2)9-5-8(3-4-11(14)15)12(16)10(13)6-9/h3-7,16H,1-2H3,(H2,14,15)/b4-3-. The molecule has 86 valence electrons. The highest BCUT2D eigenvalue weighted by Gasteiger charge is 2.08. The summed E-state index contributed by atoms with van der Waals surface area (Å²) in [5.41, 5.74) is 6.67. The predicted molar refractivity (Wildman–Crippen MR) is 68.1 cm³/mol. The maximum Gasteiger partial charge on any atom is 0.241 e. The number of hydrogen-bond acceptors (Lipinski definition) is 2. The first-order valence-electron chi connectivity index (χ1n) is 4.91. The largest absolute Gasteiger partial charge is 0.506 e. The van der Waals surface area contributed by atoms with Gasteiger partial charge in [0.05, 0.1) is 4.47 Å². The molecule has 0 heterocycles. The third-order valence-electron chi connectivity index (χ3n) is 2.21. The molecule has 1 aromatic carbocycles. The number of phenolic OH excluding ortho intramolecular Hbond substituents is 1. The van der Waals surface area contributed by atoms with Crippen LogP contribution in [0.15, 0.2) is 22.7 Å². The molecule has 1 aromatic rings. The van der Waals surface area contributed by atoms with Crippen LogP contribution >= 0.6 is 15.9 Å². The molecule has 0 bridgehead atoms. The number of primary amides is 1. The van der Waals surface area contributed by atoms with Crippen molar-refractivity contribution in [3.05, 3.63) is 33.8 Å². The molecular weight excluding hydrogens is 270 g/mol. The molecule has 0 spiro atoms. The Kier molecular flexibility index (Phi) is 4.12. The van der Waals surface area contributed by atoms with E-state index >= 15 is 0 Å². The predicted octanol–water partition coefficient (Wildman–Crippen LogP) is 2.78. The number of phenols is 1. The summed E-state index contributed by atoms with van der Waals surface area (Å²) in [5.74, 6) is -0.0787. The van der Waals surface area contributed by atoms with Crippen LogP contribution < -0.4 is 5.73 Å². The summed E-state index contributed by atoms with van der Waals surface area (Å²) < 4.78 is 0.614. The Labute approximate surface area is 103 Å². The summed E-state index contributed by atoms with van der Waals surface area (Å²) in [5, 5.41) is 9.77. The van der Waals surface area contributed by atoms with Gasteiger partial charge in [0, 0.05) is 11.6 Å². The highest BCUT2D eigenvalue weighted by molar-refractivity contribution is 9.10. The second-order valence-corrected chi connectivity index (χ2v) is 4.69. The van der Waals surface area contributed by atoms with Gasteiger partial charge < -0.3 is 10.8 Å². The van der Waals surface area contributed by atoms with E-state index in [0.717, 1.165) is 5.56 Å². The lowest BCUT2D eigenvalue weighted by Gasteiger charge is -2.09. The number of rotatable bonds is 3. The molecule has 4 heteroatoms. The van der Waals surface area contributed by atoms with Crippen LogP contribution in [-0.2, 0) is 4.79 Å². The number of carbonyl (C=O) groups is 1. The van der Waals surface area contributed by atoms with Crippen molar-refractivity contribution < 1.29 is 9.90 Å². The van der Waals surface area contributed by atoms with Gasteiger partial charge in [-0.1, -0.05) is 13.8 Å². The molecule has 0 saturated carbocycles. The molecule has 3 N–H and O–H groups in total. The average molecular weight is 284 g/mol. The van der Waals surface area contributed by atoms with E-state index in [-0.39, 0.29) is 5.75 Å². The molecule has 16 heavy (non-hydrogen) atoms. The number of carbonyl (C=O) groups excluding carboxylic acids is 1. The van der Waals surface area contributed by atoms with E-state index in [2.05, 4.69) is 29.8 Å². The third kappa shape index (κ3) is 3.10. The Morgan fingerprint density at radius 2 is 2.12 bits per heavy atom. The molecule has 0 unspecified atom stereocenters. The van der Waals surface area contributed by atoms with Crippen molar-refractivity contribution in [3.63, 3.8) is 0 Å². The average Bonchev–Trinajstić information content (AvgIpc) is 2.19. The minimum Gasteiger partial charge on any atom is -0.506 e. The monoisotopic (exact) mass is 283 g/mol. The van der Waals surface area contributed by atoms with E-state index in [1.807, 2.05) is 12.1 Å². The van der Waals surface area contributed by atoms with Gasteiger partial charge in [0.1, 0.15) is 5.75 Å². The van der Waals surface area contributed by atoms with Crippen LogP contribution in [0.1, 0.15) is 30.9 Å². The minimum atomic E-state index is -0.537. The lowest BCUT2D eigenvalue weighted by Crippen LogP contribution is -2.05. The van der Waals surface area contributed by atoms with Crippen LogP contribution in [0.3, 0.4) is 0 Å². The quantitative estimate of drug-likeness (QED) is 0.838. The van der Waals surface area contributed by atoms with Gasteiger partial charge in [-0.2, -0.15) is 0 Å². The molecule has 3 nitrogen and oxygen atoms in total. The van der Waals surface area contributed by atoms with E-state index in [1.54, 1.807) is 0 Å². The van der Waals surface area contributed by atoms with E-state index in [9.17, 15) is 9.90 Å². The van der Waals surface area contributed by atoms with Crippen molar-refractivity contribution in [1.82, 2.24) is 0 Å². The first-order chi connectivity index (χ1) is 7.41. The highest BCUT2D eigenvalue weighted by Crippen LogP contribution is 2.32. The minimum absolute atomic E-state index is 0.113. The second-order valence-electron chi connectivity index (χ2n) is 3.83. The van der Waals surface area contributed by atoms with Crippen LogP contribution in [0.4, 0.5) is 0 Å². The first-order valence-corrected chi connectivity index (χ1v) is 5.71. The fourth-order valence-corrected chi connectivity index (χ4v) is 1.77. The van der Waals surface area contributed by atoms with Crippen molar-refractivity contribution in [3.8, 4) is 5.75 Å². The van der Waals surface area contributed by atoms with Crippen LogP contribution in [-0.4, -0.2) is 11.0 Å². The van der Waals surface area contributed by atoms with Crippen LogP contribution in [0.25, 0.3) is 6.08 Å². The number of hydrogen-bond donors (Lipinski definition) is 2. The third-order valence-corrected chi connectivity index (χ3v) is 2.81. The van der Waals surface area contributed by atoms with Gasteiger partial charge in [-0.15, -0.1) is 0 Å². The van der Waals surface area contributed by atoms with E-state index in [1.165, 1.54) is 12.2 Å². The highest BCUT2D eigenvalue weighted by atomic mass is 79.9. The van der Waals surface area contributed by atoms with E-state index in [0.29, 0.717) is 16.0 Å². The molecular formula is C12H14BrNO2. The summed E-state index contributed by atoms with van der Waals surface area (Å²) in [6.07, 6.45) is 2.74. The Bertz CT molecular complexity index is 439. The molecule has 0 aliphatic heterocycles. The SMILES string of the molecule is CC(C)c1cc(Br)c(O)c(/C=C\C(N)=O)c1. The van der Waals surface area contributed by atoms with Crippen molar-refractivity contribution in [2.24, 2.45) is 5.73 Å². The van der Waals surface area contributed by atoms with Gasteiger partial charge in [0.25, 0.3) is 0 Å². The molecule has 0 saturated heterocycles. The van der Waals surface area contributed by atoms with Gasteiger partial charge >= 0.3 is 0 Å². The summed E-state index contributed by atoms with van der Waals surface area (Å²) >= 11 is 3.27. The fourth-order valence-electron chi connectivity index (χ4n) is 1.27. The number of amides is 1. The normalized spacial score (nSPS) is 11.2. The maximum absolute atomic E-state index is 10.6. The van der Waals surface area contributed by atoms with Gasteiger partial charge in [-0.3, -0.25) is 4.79 Å². The lowest BCUT2D eigenvalue weighted by atomic mass is 10.00. The van der Waals surface area contributed by atoms with Crippen molar-refractivity contribution in [2.75, 3.05) is 0 Å². The molecule has 0 radical (unpaired) electrons. The van der Waals surface area contributed by atoms with Crippen molar-refractivity contribution in [1.29, 1.82) is 0 Å². The van der Waals surface area contributed by atoms with Crippen LogP contribution in [0.2, 0.25) is 0 Å². The molecule has 0 aromatic heterocycles. The Morgan fingerprint density at radius 3 is 2.62 bits per heavy atom. The van der Waals surface area contributed by atoms with Crippen LogP contribution in [0, 0.1) is 0 Å². The lowest BCUT2D eigenvalue weighted by molar-refractivity contribution is -0.113. The van der Waals surface area contributed by atoms with Gasteiger partial charge in [-0.25, -0.2) is 0 Å². The molecule has 0 atom stereocenters. The smallest absolute Gasteiger partial charge is 0.241 e. The van der Waals surface area contributed by atoms with Crippen molar-refractivity contribution in [2.45, 2.75) is 19.8 Å². The zero-order valence-corrected chi connectivity index (χ0v) is 10.8. The van der Waals surface area contributed by atoms with Gasteiger partial charge in [-0.05, 0) is 45.6 Å². The van der Waals surface area contributed by atoms with Crippen LogP contribution in [0.5, 0.6) is 5.75 Å². The summed E-state index contributed by atoms with van der Waals surface area (Å²) in [6, 6.07) is 3.70. The van der Waals surface area contributed by atoms with E-state index in [4.69, 9.17) is 5.73 Å². The van der Waals surface area contributed by atoms with Crippen molar-refractivity contribution >= 4 is 27.9 Å². The molecule has 1 rings (SSSR count). The summed E-state index contributed by atoms with van der Waals surface area (Å²) in [6.45, 7) is 4.11. The van der Waals surface area contributed by atoms with Gasteiger partial charge in [0.15, 0.2) is 0 Å². The Hall–Kier alpha value is -1.29. The molecule has 1 amide bonds. The first kappa shape index (κ1) is 12.8. The summed E-state index contributed by atoms with van der Waals surface area (Å²) in [4.78, 5) is 10.6. The molecule has 0 aliphatic carbocycles. The molecule has 0 aliphatic rings. The topological polar surface area (TPSA) is 63.3 Å². The maximum atomic E-state index is 10.6. The number of benzene rings is 1.